The van der Waals surface area contributed by atoms with Gasteiger partial charge in [-0.15, -0.1) is 0 Å². The zero-order valence-electron chi connectivity index (χ0n) is 9.09. The van der Waals surface area contributed by atoms with E-state index in [0.717, 1.165) is 5.56 Å². The molecule has 1 aromatic rings. The van der Waals surface area contributed by atoms with Gasteiger partial charge in [-0.2, -0.15) is 0 Å². The van der Waals surface area contributed by atoms with Crippen molar-refractivity contribution in [1.82, 2.24) is 0 Å². The van der Waals surface area contributed by atoms with Gasteiger partial charge < -0.3 is 0 Å². The summed E-state index contributed by atoms with van der Waals surface area (Å²) in [6, 6.07) is 8.41. The van der Waals surface area contributed by atoms with Gasteiger partial charge in [0.15, 0.2) is 0 Å². The van der Waals surface area contributed by atoms with Crippen LogP contribution < -0.4 is 5.19 Å². The lowest BCUT2D eigenvalue weighted by molar-refractivity contribution is 1.64. The second-order valence-corrected chi connectivity index (χ2v) is 9.31. The van der Waals surface area contributed by atoms with E-state index in [1.54, 1.807) is 6.08 Å². The zero-order chi connectivity index (χ0) is 10.6. The van der Waals surface area contributed by atoms with E-state index in [-0.39, 0.29) is 0 Å². The predicted molar refractivity (Wildman–Crippen MR) is 66.5 cm³/mol. The molecule has 0 atom stereocenters. The first-order valence-corrected chi connectivity index (χ1v) is 8.27. The van der Waals surface area contributed by atoms with Gasteiger partial charge in [-0.1, -0.05) is 56.3 Å². The minimum Gasteiger partial charge on any atom is -0.0906 e. The van der Waals surface area contributed by atoms with Gasteiger partial charge in [-0.3, -0.25) is 0 Å². The van der Waals surface area contributed by atoms with Crippen molar-refractivity contribution >= 4 is 13.3 Å². The predicted octanol–water partition coefficient (Wildman–Crippen LogP) is 2.77. The Balaban J connectivity index is 3.23. The topological polar surface area (TPSA) is 0 Å². The number of rotatable bonds is 1. The van der Waals surface area contributed by atoms with E-state index in [4.69, 9.17) is 0 Å². The standard InChI is InChI=1S/C13H16Si/c1-5-6-9-12-10-7-8-11-13(12)14(2,3)4/h5,7-8,10-11H,1H2,2-4H3. The van der Waals surface area contributed by atoms with Gasteiger partial charge in [0.05, 0.1) is 8.07 Å². The van der Waals surface area contributed by atoms with Crippen LogP contribution in [0.25, 0.3) is 0 Å². The summed E-state index contributed by atoms with van der Waals surface area (Å²) < 4.78 is 0. The Labute approximate surface area is 87.7 Å². The second-order valence-electron chi connectivity index (χ2n) is 4.27. The lowest BCUT2D eigenvalue weighted by Gasteiger charge is -2.18. The molecule has 14 heavy (non-hydrogen) atoms. The molecule has 0 saturated carbocycles. The van der Waals surface area contributed by atoms with Crippen molar-refractivity contribution in [3.63, 3.8) is 0 Å². The fraction of sp³-hybridized carbons (Fsp3) is 0.231. The summed E-state index contributed by atoms with van der Waals surface area (Å²) in [5.74, 6) is 6.05. The number of benzene rings is 1. The van der Waals surface area contributed by atoms with Gasteiger partial charge in [0.2, 0.25) is 0 Å². The Morgan fingerprint density at radius 3 is 2.43 bits per heavy atom. The summed E-state index contributed by atoms with van der Waals surface area (Å²) in [6.07, 6.45) is 1.64. The fourth-order valence-electron chi connectivity index (χ4n) is 1.37. The summed E-state index contributed by atoms with van der Waals surface area (Å²) in [4.78, 5) is 0. The lowest BCUT2D eigenvalue weighted by atomic mass is 10.2. The first kappa shape index (κ1) is 10.8. The summed E-state index contributed by atoms with van der Waals surface area (Å²) in [6.45, 7) is 10.6. The number of hydrogen-bond donors (Lipinski definition) is 0. The smallest absolute Gasteiger partial charge is 0.0792 e. The highest BCUT2D eigenvalue weighted by molar-refractivity contribution is 6.89. The van der Waals surface area contributed by atoms with Crippen LogP contribution >= 0.6 is 0 Å². The van der Waals surface area contributed by atoms with Gasteiger partial charge in [0.1, 0.15) is 0 Å². The molecule has 0 aliphatic rings. The molecule has 0 aliphatic carbocycles. The monoisotopic (exact) mass is 200 g/mol. The van der Waals surface area contributed by atoms with Crippen molar-refractivity contribution in [3.05, 3.63) is 42.5 Å². The van der Waals surface area contributed by atoms with Crippen molar-refractivity contribution in [3.8, 4) is 11.8 Å². The molecule has 0 heterocycles. The van der Waals surface area contributed by atoms with E-state index in [2.05, 4.69) is 56.3 Å². The third-order valence-corrected chi connectivity index (χ3v) is 4.10. The van der Waals surface area contributed by atoms with Gasteiger partial charge in [0.25, 0.3) is 0 Å². The Bertz CT molecular complexity index is 386. The second kappa shape index (κ2) is 4.30. The molecule has 0 radical (unpaired) electrons. The van der Waals surface area contributed by atoms with Crippen LogP contribution in [0.15, 0.2) is 36.9 Å². The maximum Gasteiger partial charge on any atom is 0.0792 e. The first-order chi connectivity index (χ1) is 6.55. The Morgan fingerprint density at radius 2 is 1.86 bits per heavy atom. The molecule has 0 aliphatic heterocycles. The molecule has 1 heteroatoms. The molecular weight excluding hydrogens is 184 g/mol. The maximum absolute atomic E-state index is 3.61. The fourth-order valence-corrected chi connectivity index (χ4v) is 2.92. The number of hydrogen-bond acceptors (Lipinski definition) is 0. The van der Waals surface area contributed by atoms with Crippen molar-refractivity contribution < 1.29 is 0 Å². The highest BCUT2D eigenvalue weighted by atomic mass is 28.3. The summed E-state index contributed by atoms with van der Waals surface area (Å²) in [5.41, 5.74) is 1.16. The van der Waals surface area contributed by atoms with E-state index in [1.807, 2.05) is 6.07 Å². The third kappa shape index (κ3) is 2.61. The molecule has 0 N–H and O–H groups in total. The van der Waals surface area contributed by atoms with Crippen LogP contribution in [-0.4, -0.2) is 8.07 Å². The molecule has 0 amide bonds. The quantitative estimate of drug-likeness (QED) is 0.483. The Morgan fingerprint density at radius 1 is 1.21 bits per heavy atom. The average molecular weight is 200 g/mol. The van der Waals surface area contributed by atoms with Crippen LogP contribution in [-0.2, 0) is 0 Å². The SMILES string of the molecule is C=CC#Cc1ccccc1[Si](C)(C)C. The van der Waals surface area contributed by atoms with Gasteiger partial charge in [0, 0.05) is 5.56 Å². The van der Waals surface area contributed by atoms with Crippen LogP contribution in [0.5, 0.6) is 0 Å². The molecule has 1 aromatic carbocycles. The van der Waals surface area contributed by atoms with Crippen LogP contribution in [0.2, 0.25) is 19.6 Å². The van der Waals surface area contributed by atoms with Crippen molar-refractivity contribution in [1.29, 1.82) is 0 Å². The molecule has 0 spiro atoms. The van der Waals surface area contributed by atoms with E-state index in [9.17, 15) is 0 Å². The largest absolute Gasteiger partial charge is 0.0906 e. The van der Waals surface area contributed by atoms with Crippen molar-refractivity contribution in [2.45, 2.75) is 19.6 Å². The lowest BCUT2D eigenvalue weighted by Crippen LogP contribution is -2.39. The highest BCUT2D eigenvalue weighted by Crippen LogP contribution is 2.05. The zero-order valence-corrected chi connectivity index (χ0v) is 10.1. The minimum absolute atomic E-state index is 1.16. The molecule has 0 saturated heterocycles. The van der Waals surface area contributed by atoms with Crippen LogP contribution in [0.1, 0.15) is 5.56 Å². The minimum atomic E-state index is -1.26. The molecule has 0 unspecified atom stereocenters. The van der Waals surface area contributed by atoms with Crippen LogP contribution in [0, 0.1) is 11.8 Å². The van der Waals surface area contributed by atoms with Crippen LogP contribution in [0.4, 0.5) is 0 Å². The first-order valence-electron chi connectivity index (χ1n) is 4.77. The van der Waals surface area contributed by atoms with E-state index in [0.29, 0.717) is 0 Å². The Kier molecular flexibility index (Phi) is 3.32. The van der Waals surface area contributed by atoms with Gasteiger partial charge in [-0.05, 0) is 17.3 Å². The van der Waals surface area contributed by atoms with E-state index in [1.165, 1.54) is 5.19 Å². The molecule has 0 aromatic heterocycles. The van der Waals surface area contributed by atoms with Gasteiger partial charge in [-0.25, -0.2) is 0 Å². The Hall–Kier alpha value is -1.26. The average Bonchev–Trinajstić information content (AvgIpc) is 2.14. The highest BCUT2D eigenvalue weighted by Gasteiger charge is 2.18. The molecule has 0 fully saturated rings. The summed E-state index contributed by atoms with van der Waals surface area (Å²) in [7, 11) is -1.26. The third-order valence-electron chi connectivity index (χ3n) is 2.04. The molecular formula is C13H16Si. The molecule has 0 nitrogen and oxygen atoms in total. The van der Waals surface area contributed by atoms with Crippen molar-refractivity contribution in [2.75, 3.05) is 0 Å². The maximum atomic E-state index is 3.61. The van der Waals surface area contributed by atoms with E-state index >= 15 is 0 Å². The van der Waals surface area contributed by atoms with Gasteiger partial charge >= 0.3 is 0 Å². The number of allylic oxidation sites excluding steroid dienone is 1. The van der Waals surface area contributed by atoms with Crippen molar-refractivity contribution in [2.24, 2.45) is 0 Å². The summed E-state index contributed by atoms with van der Waals surface area (Å²) in [5, 5.41) is 1.43. The molecule has 72 valence electrons. The normalized spacial score (nSPS) is 10.2. The summed E-state index contributed by atoms with van der Waals surface area (Å²) >= 11 is 0. The molecule has 1 rings (SSSR count). The molecule has 0 bridgehead atoms. The van der Waals surface area contributed by atoms with Crippen LogP contribution in [0.3, 0.4) is 0 Å². The van der Waals surface area contributed by atoms with E-state index < -0.39 is 8.07 Å².